The van der Waals surface area contributed by atoms with Gasteiger partial charge < -0.3 is 19.3 Å². The molecule has 4 heteroatoms. The minimum atomic E-state index is -0.653. The molecule has 0 N–H and O–H groups in total. The summed E-state index contributed by atoms with van der Waals surface area (Å²) in [4.78, 5) is 4.83. The van der Waals surface area contributed by atoms with Gasteiger partial charge >= 0.3 is 0 Å². The predicted molar refractivity (Wildman–Crippen MR) is 407 cm³/mol. The molecule has 4 atom stereocenters. The van der Waals surface area contributed by atoms with Gasteiger partial charge in [0.1, 0.15) is 23.0 Å². The van der Waals surface area contributed by atoms with E-state index in [1.54, 1.807) is 0 Å². The van der Waals surface area contributed by atoms with Gasteiger partial charge in [-0.1, -0.05) is 249 Å². The van der Waals surface area contributed by atoms with Gasteiger partial charge in [-0.25, -0.2) is 0 Å². The van der Waals surface area contributed by atoms with Crippen LogP contribution in [0.1, 0.15) is 83.8 Å². The van der Waals surface area contributed by atoms with Crippen LogP contribution in [0.15, 0.2) is 346 Å². The maximum Gasteiger partial charge on any atom is 0.127 e. The van der Waals surface area contributed by atoms with Gasteiger partial charge in [0.05, 0.1) is 10.8 Å². The SMILES string of the molecule is C=Cc1ccc(Oc2ccc(C3(c4cc(C)ccc4C)c4ccccc4-c4ccc(N(c5ccccc5)c5ccc(-c6ccc(N(C7=CC8C(C=C7)c7ccccc7C8(c7ccc(Oc8ccc(C=C)cc8)cc7)c7cc(C)ccc7C)c7ccccc7)cc6)cc5)cc43)cc2)cc1. The van der Waals surface area contributed by atoms with E-state index in [1.807, 2.05) is 60.7 Å². The Kier molecular flexibility index (Phi) is 15.7. The van der Waals surface area contributed by atoms with E-state index < -0.39 is 10.8 Å². The standard InChI is InChI=1S/C94H74N2O2/c1-7-67-31-49-79(50-32-67)97-81-53-39-71(40-54-81)93(89-59-63(3)27-29-65(89)5)87-25-17-15-23-83(87)85-57-47-77(61-91(85)93)95(73-19-11-9-12-20-73)75-43-35-69(36-44-75)70-37-45-76(46-38-70)96(74-21-13-10-14-22-74)78-48-58-86-84-24-16-18-26-88(84)94(92(86)62-78,90-60-64(4)28-30-66(90)6)72-41-55-82(56-42-72)98-80-51-33-68(8-2)34-52-80/h7-62,85,91H,1-2H2,3-6H3. The average molecular weight is 1260 g/mol. The number of aryl methyl sites for hydroxylation is 4. The van der Waals surface area contributed by atoms with E-state index in [1.165, 1.54) is 77.9 Å². The summed E-state index contributed by atoms with van der Waals surface area (Å²) in [6.07, 6.45) is 11.1. The number of para-hydroxylation sites is 2. The topological polar surface area (TPSA) is 24.9 Å². The normalized spacial score (nSPS) is 17.0. The van der Waals surface area contributed by atoms with Crippen molar-refractivity contribution in [2.45, 2.75) is 44.4 Å². The van der Waals surface area contributed by atoms with Crippen LogP contribution >= 0.6 is 0 Å². The van der Waals surface area contributed by atoms with E-state index in [0.717, 1.165) is 79.4 Å². The van der Waals surface area contributed by atoms with E-state index in [2.05, 4.69) is 330 Å². The summed E-state index contributed by atoms with van der Waals surface area (Å²) in [6, 6.07) is 113. The summed E-state index contributed by atoms with van der Waals surface area (Å²) < 4.78 is 13.0. The highest BCUT2D eigenvalue weighted by Gasteiger charge is 2.54. The Hall–Kier alpha value is -12.0. The molecule has 0 saturated carbocycles. The van der Waals surface area contributed by atoms with Crippen LogP contribution in [0.3, 0.4) is 0 Å². The van der Waals surface area contributed by atoms with Crippen molar-refractivity contribution in [3.05, 3.63) is 424 Å². The van der Waals surface area contributed by atoms with Gasteiger partial charge in [-0.2, -0.15) is 0 Å². The maximum atomic E-state index is 6.49. The quantitative estimate of drug-likeness (QED) is 0.0907. The minimum Gasteiger partial charge on any atom is -0.457 e. The molecule has 0 aromatic heterocycles. The first-order valence-electron chi connectivity index (χ1n) is 33.9. The van der Waals surface area contributed by atoms with E-state index >= 15 is 0 Å². The van der Waals surface area contributed by atoms with E-state index in [0.29, 0.717) is 0 Å². The van der Waals surface area contributed by atoms with E-state index in [4.69, 9.17) is 9.47 Å². The number of anilines is 5. The lowest BCUT2D eigenvalue weighted by Gasteiger charge is -2.41. The number of fused-ring (bicyclic) bond motifs is 6. The van der Waals surface area contributed by atoms with Crippen molar-refractivity contribution in [2.75, 3.05) is 9.80 Å². The lowest BCUT2D eigenvalue weighted by Crippen LogP contribution is -2.37. The van der Waals surface area contributed by atoms with Crippen molar-refractivity contribution in [1.29, 1.82) is 0 Å². The van der Waals surface area contributed by atoms with Gasteiger partial charge in [0.15, 0.2) is 0 Å². The van der Waals surface area contributed by atoms with Crippen molar-refractivity contribution in [2.24, 2.45) is 5.92 Å². The number of hydrogen-bond donors (Lipinski definition) is 0. The molecule has 98 heavy (non-hydrogen) atoms. The van der Waals surface area contributed by atoms with E-state index in [9.17, 15) is 0 Å². The van der Waals surface area contributed by atoms with Gasteiger partial charge in [-0.15, -0.1) is 0 Å². The molecule has 0 amide bonds. The fourth-order valence-corrected chi connectivity index (χ4v) is 16.0. The summed E-state index contributed by atoms with van der Waals surface area (Å²) in [5.41, 5.74) is 27.2. The average Bonchev–Trinajstić information content (AvgIpc) is 1.49. The van der Waals surface area contributed by atoms with Crippen LogP contribution in [0.5, 0.6) is 23.0 Å². The lowest BCUT2D eigenvalue weighted by atomic mass is 9.62. The second-order valence-corrected chi connectivity index (χ2v) is 26.3. The third-order valence-corrected chi connectivity index (χ3v) is 20.5. The van der Waals surface area contributed by atoms with Gasteiger partial charge in [0.2, 0.25) is 0 Å². The number of ether oxygens (including phenoxy) is 2. The number of rotatable bonds is 17. The minimum absolute atomic E-state index is 0.0246. The van der Waals surface area contributed by atoms with Crippen molar-refractivity contribution in [3.8, 4) is 45.3 Å². The van der Waals surface area contributed by atoms with Crippen molar-refractivity contribution < 1.29 is 9.47 Å². The molecule has 0 spiro atoms. The number of allylic oxidation sites excluding steroid dienone is 3. The Morgan fingerprint density at radius 2 is 0.806 bits per heavy atom. The molecule has 0 radical (unpaired) electrons. The summed E-state index contributed by atoms with van der Waals surface area (Å²) in [5.74, 6) is 3.28. The van der Waals surface area contributed by atoms with Gasteiger partial charge in [0.25, 0.3) is 0 Å². The van der Waals surface area contributed by atoms with Gasteiger partial charge in [-0.05, 0) is 232 Å². The Labute approximate surface area is 576 Å². The molecule has 13 aromatic rings. The van der Waals surface area contributed by atoms with Crippen LogP contribution in [0.4, 0.5) is 28.4 Å². The lowest BCUT2D eigenvalue weighted by molar-refractivity contribution is 0.449. The Morgan fingerprint density at radius 3 is 1.38 bits per heavy atom. The van der Waals surface area contributed by atoms with Crippen molar-refractivity contribution in [3.63, 3.8) is 0 Å². The first-order chi connectivity index (χ1) is 48.1. The van der Waals surface area contributed by atoms with Crippen LogP contribution in [-0.2, 0) is 10.8 Å². The zero-order valence-electron chi connectivity index (χ0n) is 55.6. The van der Waals surface area contributed by atoms with Crippen molar-refractivity contribution >= 4 is 40.6 Å². The van der Waals surface area contributed by atoms with Crippen molar-refractivity contribution in [1.82, 2.24) is 0 Å². The molecule has 16 rings (SSSR count). The molecule has 0 saturated heterocycles. The molecule has 472 valence electrons. The molecule has 0 fully saturated rings. The fourth-order valence-electron chi connectivity index (χ4n) is 16.0. The third kappa shape index (κ3) is 10.6. The first-order valence-corrected chi connectivity index (χ1v) is 33.9. The smallest absolute Gasteiger partial charge is 0.127 e. The zero-order valence-corrected chi connectivity index (χ0v) is 55.6. The molecule has 0 aliphatic heterocycles. The predicted octanol–water partition coefficient (Wildman–Crippen LogP) is 24.6. The first kappa shape index (κ1) is 60.9. The zero-order chi connectivity index (χ0) is 66.5. The molecule has 13 aromatic carbocycles. The van der Waals surface area contributed by atoms with Crippen LogP contribution < -0.4 is 19.3 Å². The number of hydrogen-bond acceptors (Lipinski definition) is 4. The highest BCUT2D eigenvalue weighted by Crippen LogP contribution is 2.62. The van der Waals surface area contributed by atoms with E-state index in [-0.39, 0.29) is 11.8 Å². The van der Waals surface area contributed by atoms with Crippen LogP contribution in [-0.4, -0.2) is 0 Å². The van der Waals surface area contributed by atoms with Gasteiger partial charge in [-0.3, -0.25) is 0 Å². The van der Waals surface area contributed by atoms with Crippen LogP contribution in [0.25, 0.3) is 34.4 Å². The summed E-state index contributed by atoms with van der Waals surface area (Å²) >= 11 is 0. The third-order valence-electron chi connectivity index (χ3n) is 20.5. The van der Waals surface area contributed by atoms with Crippen LogP contribution in [0, 0.1) is 33.6 Å². The Morgan fingerprint density at radius 1 is 0.357 bits per heavy atom. The maximum absolute atomic E-state index is 6.49. The Balaban J connectivity index is 0.757. The largest absolute Gasteiger partial charge is 0.457 e. The molecule has 3 aliphatic rings. The van der Waals surface area contributed by atoms with Gasteiger partial charge in [0, 0.05) is 46.0 Å². The highest BCUT2D eigenvalue weighted by atomic mass is 16.5. The monoisotopic (exact) mass is 1260 g/mol. The summed E-state index contributed by atoms with van der Waals surface area (Å²) in [7, 11) is 0. The molecule has 4 nitrogen and oxygen atoms in total. The second-order valence-electron chi connectivity index (χ2n) is 26.3. The summed E-state index contributed by atoms with van der Waals surface area (Å²) in [5, 5.41) is 0. The molecule has 4 unspecified atom stereocenters. The Bertz CT molecular complexity index is 5210. The molecular weight excluding hydrogens is 1190 g/mol. The molecule has 0 heterocycles. The number of benzene rings is 13. The molecule has 3 aliphatic carbocycles. The summed E-state index contributed by atoms with van der Waals surface area (Å²) in [6.45, 7) is 16.8. The molecular formula is C94H74N2O2. The second kappa shape index (κ2) is 25.3. The molecule has 0 bridgehead atoms. The number of nitrogens with zero attached hydrogens (tertiary/aromatic N) is 2. The van der Waals surface area contributed by atoms with Crippen LogP contribution in [0.2, 0.25) is 0 Å². The fraction of sp³-hybridized carbons (Fsp3) is 0.0851. The highest BCUT2D eigenvalue weighted by molar-refractivity contribution is 5.90.